The van der Waals surface area contributed by atoms with Crippen LogP contribution in [-0.2, 0) is 6.54 Å². The Bertz CT molecular complexity index is 455. The van der Waals surface area contributed by atoms with Crippen molar-refractivity contribution in [3.8, 4) is 5.88 Å². The van der Waals surface area contributed by atoms with Crippen LogP contribution in [0.15, 0.2) is 18.3 Å². The summed E-state index contributed by atoms with van der Waals surface area (Å²) in [6.07, 6.45) is 3.79. The van der Waals surface area contributed by atoms with E-state index in [1.807, 2.05) is 12.1 Å². The van der Waals surface area contributed by atoms with Crippen LogP contribution in [0.5, 0.6) is 5.88 Å². The van der Waals surface area contributed by atoms with Gasteiger partial charge in [-0.2, -0.15) is 0 Å². The van der Waals surface area contributed by atoms with Crippen molar-refractivity contribution in [3.05, 3.63) is 23.9 Å². The number of aromatic nitrogens is 1. The highest BCUT2D eigenvalue weighted by Crippen LogP contribution is 2.35. The summed E-state index contributed by atoms with van der Waals surface area (Å²) in [5.74, 6) is 0.647. The third kappa shape index (κ3) is 3.54. The molecule has 2 atom stereocenters. The minimum absolute atomic E-state index is 0.0304. The Kier molecular flexibility index (Phi) is 5.56. The number of pyridine rings is 1. The summed E-state index contributed by atoms with van der Waals surface area (Å²) in [4.78, 5) is 6.50. The van der Waals surface area contributed by atoms with E-state index in [0.29, 0.717) is 18.8 Å². The number of rotatable bonds is 6. The zero-order valence-electron chi connectivity index (χ0n) is 13.0. The zero-order valence-corrected chi connectivity index (χ0v) is 13.0. The second-order valence-corrected chi connectivity index (χ2v) is 5.96. The first kappa shape index (κ1) is 16.2. The molecule has 1 aliphatic rings. The molecule has 0 saturated carbocycles. The highest BCUT2D eigenvalue weighted by atomic mass is 16.5. The fraction of sp³-hybridized carbons (Fsp3) is 0.688. The van der Waals surface area contributed by atoms with E-state index in [1.54, 1.807) is 13.3 Å². The Morgan fingerprint density at radius 1 is 1.52 bits per heavy atom. The maximum Gasteiger partial charge on any atom is 0.217 e. The van der Waals surface area contributed by atoms with Crippen molar-refractivity contribution in [2.24, 2.45) is 5.41 Å². The molecular weight excluding hydrogens is 268 g/mol. The monoisotopic (exact) mass is 294 g/mol. The van der Waals surface area contributed by atoms with Gasteiger partial charge in [0.15, 0.2) is 0 Å². The van der Waals surface area contributed by atoms with Gasteiger partial charge in [-0.1, -0.05) is 19.4 Å². The fourth-order valence-corrected chi connectivity index (χ4v) is 3.32. The van der Waals surface area contributed by atoms with Crippen LogP contribution in [0.25, 0.3) is 0 Å². The molecule has 0 bridgehead atoms. The first-order valence-electron chi connectivity index (χ1n) is 7.64. The van der Waals surface area contributed by atoms with Gasteiger partial charge in [0.05, 0.1) is 19.8 Å². The van der Waals surface area contributed by atoms with Crippen LogP contribution in [0.2, 0.25) is 0 Å². The molecule has 1 aliphatic heterocycles. The van der Waals surface area contributed by atoms with E-state index in [2.05, 4.69) is 16.8 Å². The van der Waals surface area contributed by atoms with Gasteiger partial charge >= 0.3 is 0 Å². The standard InChI is InChI=1S/C16H26N2O3/c1-3-7-16(12-19)11-18(9-6-14(16)20)10-13-5-4-8-17-15(13)21-2/h4-5,8,14,19-20H,3,6-7,9-12H2,1-2H3/t14-,16+/m0/s1. The summed E-state index contributed by atoms with van der Waals surface area (Å²) < 4.78 is 5.30. The number of piperidine rings is 1. The lowest BCUT2D eigenvalue weighted by atomic mass is 9.74. The van der Waals surface area contributed by atoms with Crippen molar-refractivity contribution >= 4 is 0 Å². The largest absolute Gasteiger partial charge is 0.481 e. The van der Waals surface area contributed by atoms with E-state index in [0.717, 1.165) is 31.5 Å². The molecule has 0 unspecified atom stereocenters. The molecule has 2 rings (SSSR count). The number of hydrogen-bond donors (Lipinski definition) is 2. The summed E-state index contributed by atoms with van der Waals surface area (Å²) >= 11 is 0. The van der Waals surface area contributed by atoms with Crippen LogP contribution in [-0.4, -0.2) is 53.0 Å². The maximum atomic E-state index is 10.3. The van der Waals surface area contributed by atoms with Crippen LogP contribution < -0.4 is 4.74 Å². The van der Waals surface area contributed by atoms with Gasteiger partial charge in [-0.25, -0.2) is 4.98 Å². The predicted molar refractivity (Wildman–Crippen MR) is 81.1 cm³/mol. The number of nitrogens with zero attached hydrogens (tertiary/aromatic N) is 2. The Labute approximate surface area is 126 Å². The van der Waals surface area contributed by atoms with E-state index in [1.165, 1.54) is 0 Å². The molecule has 0 aromatic carbocycles. The molecule has 1 aromatic heterocycles. The van der Waals surface area contributed by atoms with Crippen LogP contribution in [0.1, 0.15) is 31.7 Å². The molecule has 0 amide bonds. The Morgan fingerprint density at radius 3 is 3.00 bits per heavy atom. The van der Waals surface area contributed by atoms with Gasteiger partial charge in [-0.15, -0.1) is 0 Å². The van der Waals surface area contributed by atoms with E-state index >= 15 is 0 Å². The third-order valence-corrected chi connectivity index (χ3v) is 4.46. The maximum absolute atomic E-state index is 10.3. The number of aliphatic hydroxyl groups excluding tert-OH is 2. The Balaban J connectivity index is 2.11. The van der Waals surface area contributed by atoms with E-state index in [4.69, 9.17) is 4.74 Å². The molecule has 118 valence electrons. The average molecular weight is 294 g/mol. The molecule has 5 heteroatoms. The lowest BCUT2D eigenvalue weighted by molar-refractivity contribution is -0.0820. The molecule has 2 heterocycles. The van der Waals surface area contributed by atoms with E-state index in [-0.39, 0.29) is 6.61 Å². The van der Waals surface area contributed by atoms with Crippen molar-refractivity contribution in [1.82, 2.24) is 9.88 Å². The van der Waals surface area contributed by atoms with Crippen molar-refractivity contribution in [2.75, 3.05) is 26.8 Å². The molecule has 2 N–H and O–H groups in total. The Hall–Kier alpha value is -1.17. The van der Waals surface area contributed by atoms with Gasteiger partial charge in [-0.3, -0.25) is 4.90 Å². The highest BCUT2D eigenvalue weighted by Gasteiger charge is 2.41. The summed E-state index contributed by atoms with van der Waals surface area (Å²) in [6, 6.07) is 3.92. The number of ether oxygens (including phenoxy) is 1. The van der Waals surface area contributed by atoms with Crippen molar-refractivity contribution in [1.29, 1.82) is 0 Å². The molecule has 0 aliphatic carbocycles. The van der Waals surface area contributed by atoms with E-state index in [9.17, 15) is 10.2 Å². The van der Waals surface area contributed by atoms with Crippen LogP contribution >= 0.6 is 0 Å². The molecular formula is C16H26N2O3. The van der Waals surface area contributed by atoms with Crippen LogP contribution in [0, 0.1) is 5.41 Å². The van der Waals surface area contributed by atoms with Gasteiger partial charge < -0.3 is 14.9 Å². The summed E-state index contributed by atoms with van der Waals surface area (Å²) in [6.45, 7) is 4.38. The van der Waals surface area contributed by atoms with Gasteiger partial charge in [0, 0.05) is 36.8 Å². The number of likely N-dealkylation sites (tertiary alicyclic amines) is 1. The molecule has 1 fully saturated rings. The summed E-state index contributed by atoms with van der Waals surface area (Å²) in [7, 11) is 1.63. The zero-order chi connectivity index (χ0) is 15.3. The minimum atomic E-state index is -0.422. The molecule has 0 spiro atoms. The topological polar surface area (TPSA) is 65.8 Å². The summed E-state index contributed by atoms with van der Waals surface area (Å²) in [5.41, 5.74) is 0.641. The third-order valence-electron chi connectivity index (χ3n) is 4.46. The second kappa shape index (κ2) is 7.20. The van der Waals surface area contributed by atoms with Gasteiger partial charge in [0.1, 0.15) is 0 Å². The molecule has 21 heavy (non-hydrogen) atoms. The first-order valence-corrected chi connectivity index (χ1v) is 7.64. The molecule has 1 aromatic rings. The smallest absolute Gasteiger partial charge is 0.217 e. The summed E-state index contributed by atoms with van der Waals surface area (Å²) in [5, 5.41) is 20.1. The van der Waals surface area contributed by atoms with Gasteiger partial charge in [-0.05, 0) is 18.9 Å². The lowest BCUT2D eigenvalue weighted by Gasteiger charge is -2.45. The van der Waals surface area contributed by atoms with E-state index < -0.39 is 11.5 Å². The normalized spacial score (nSPS) is 26.8. The van der Waals surface area contributed by atoms with Gasteiger partial charge in [0.2, 0.25) is 5.88 Å². The predicted octanol–water partition coefficient (Wildman–Crippen LogP) is 1.44. The van der Waals surface area contributed by atoms with Gasteiger partial charge in [0.25, 0.3) is 0 Å². The average Bonchev–Trinajstić information content (AvgIpc) is 2.51. The highest BCUT2D eigenvalue weighted by molar-refractivity contribution is 5.25. The molecule has 1 saturated heterocycles. The number of hydrogen-bond acceptors (Lipinski definition) is 5. The molecule has 0 radical (unpaired) electrons. The van der Waals surface area contributed by atoms with Crippen molar-refractivity contribution < 1.29 is 14.9 Å². The molecule has 5 nitrogen and oxygen atoms in total. The number of aliphatic hydroxyl groups is 2. The minimum Gasteiger partial charge on any atom is -0.481 e. The quantitative estimate of drug-likeness (QED) is 0.831. The Morgan fingerprint density at radius 2 is 2.33 bits per heavy atom. The second-order valence-electron chi connectivity index (χ2n) is 5.96. The van der Waals surface area contributed by atoms with Crippen LogP contribution in [0.4, 0.5) is 0 Å². The fourth-order valence-electron chi connectivity index (χ4n) is 3.32. The van der Waals surface area contributed by atoms with Crippen LogP contribution in [0.3, 0.4) is 0 Å². The van der Waals surface area contributed by atoms with Crippen molar-refractivity contribution in [3.63, 3.8) is 0 Å². The SMILES string of the molecule is CCC[C@]1(CO)CN(Cc2cccnc2OC)CC[C@@H]1O. The van der Waals surface area contributed by atoms with Crippen molar-refractivity contribution in [2.45, 2.75) is 38.8 Å². The lowest BCUT2D eigenvalue weighted by Crippen LogP contribution is -2.53. The number of methoxy groups -OCH3 is 1. The first-order chi connectivity index (χ1) is 10.1.